The summed E-state index contributed by atoms with van der Waals surface area (Å²) in [5, 5.41) is 3.18. The molecule has 0 aromatic heterocycles. The number of hydrogen-bond acceptors (Lipinski definition) is 2. The van der Waals surface area contributed by atoms with E-state index in [2.05, 4.69) is 44.3 Å². The zero-order valence-corrected chi connectivity index (χ0v) is 20.7. The number of hydrogen-bond donors (Lipinski definition) is 1. The third-order valence-electron chi connectivity index (χ3n) is 5.31. The molecule has 27 heavy (non-hydrogen) atoms. The average Bonchev–Trinajstić information content (AvgIpc) is 2.69. The number of benzene rings is 1. The van der Waals surface area contributed by atoms with E-state index in [1.807, 2.05) is 19.1 Å². The molecule has 3 nitrogen and oxygen atoms in total. The van der Waals surface area contributed by atoms with Crippen molar-refractivity contribution in [1.82, 2.24) is 5.32 Å². The molecule has 0 spiro atoms. The molecule has 0 saturated carbocycles. The van der Waals surface area contributed by atoms with Crippen molar-refractivity contribution in [1.29, 1.82) is 0 Å². The van der Waals surface area contributed by atoms with Gasteiger partial charge in [-0.2, -0.15) is 0 Å². The first-order valence-corrected chi connectivity index (χ1v) is 18.3. The molecule has 1 aromatic rings. The second-order valence-corrected chi connectivity index (χ2v) is 20.5. The summed E-state index contributed by atoms with van der Waals surface area (Å²) >= 11 is -2.65. The summed E-state index contributed by atoms with van der Waals surface area (Å²) in [5.74, 6) is 0.900. The van der Waals surface area contributed by atoms with Crippen molar-refractivity contribution < 1.29 is 9.53 Å². The predicted octanol–water partition coefficient (Wildman–Crippen LogP) is 6.56. The van der Waals surface area contributed by atoms with Gasteiger partial charge in [-0.1, -0.05) is 0 Å². The van der Waals surface area contributed by atoms with E-state index in [9.17, 15) is 4.79 Å². The Labute approximate surface area is 170 Å². The van der Waals surface area contributed by atoms with Crippen LogP contribution in [0.5, 0.6) is 5.75 Å². The first-order valence-electron chi connectivity index (χ1n) is 10.8. The molecule has 0 bridgehead atoms. The Morgan fingerprint density at radius 2 is 1.44 bits per heavy atom. The van der Waals surface area contributed by atoms with Gasteiger partial charge in [0, 0.05) is 0 Å². The molecular formula is C23H39NO2Sn. The van der Waals surface area contributed by atoms with Crippen molar-refractivity contribution in [2.45, 2.75) is 79.5 Å². The Hall–Kier alpha value is -0.971. The van der Waals surface area contributed by atoms with E-state index in [0.717, 1.165) is 17.7 Å². The number of unbranched alkanes of at least 4 members (excludes halogenated alkanes) is 3. The Morgan fingerprint density at radius 1 is 0.926 bits per heavy atom. The van der Waals surface area contributed by atoms with E-state index in [0.29, 0.717) is 6.61 Å². The minimum atomic E-state index is -2.65. The van der Waals surface area contributed by atoms with Gasteiger partial charge in [0.1, 0.15) is 0 Å². The molecule has 1 aromatic carbocycles. The third-order valence-corrected chi connectivity index (χ3v) is 20.6. The van der Waals surface area contributed by atoms with E-state index in [4.69, 9.17) is 4.74 Å². The molecule has 0 saturated heterocycles. The van der Waals surface area contributed by atoms with Crippen LogP contribution in [0.2, 0.25) is 13.3 Å². The summed E-state index contributed by atoms with van der Waals surface area (Å²) in [6, 6.07) is 8.26. The number of amides is 1. The van der Waals surface area contributed by atoms with Gasteiger partial charge in [0.05, 0.1) is 0 Å². The van der Waals surface area contributed by atoms with Gasteiger partial charge in [0.2, 0.25) is 0 Å². The maximum atomic E-state index is 11.5. The fourth-order valence-electron chi connectivity index (χ4n) is 3.73. The van der Waals surface area contributed by atoms with Crippen LogP contribution in [0.3, 0.4) is 0 Å². The van der Waals surface area contributed by atoms with Crippen LogP contribution in [0.4, 0.5) is 0 Å². The molecule has 1 rings (SSSR count). The van der Waals surface area contributed by atoms with Gasteiger partial charge < -0.3 is 0 Å². The van der Waals surface area contributed by atoms with Crippen molar-refractivity contribution in [3.05, 3.63) is 33.5 Å². The van der Waals surface area contributed by atoms with E-state index in [-0.39, 0.29) is 0 Å². The molecule has 152 valence electrons. The molecule has 0 unspecified atom stereocenters. The van der Waals surface area contributed by atoms with Crippen LogP contribution < -0.4 is 10.1 Å². The number of carbonyl (C=O) groups is 1. The summed E-state index contributed by atoms with van der Waals surface area (Å²) < 4.78 is 10.9. The monoisotopic (exact) mass is 481 g/mol. The van der Waals surface area contributed by atoms with Gasteiger partial charge >= 0.3 is 171 Å². The quantitative estimate of drug-likeness (QED) is 0.228. The topological polar surface area (TPSA) is 38.3 Å². The van der Waals surface area contributed by atoms with Crippen LogP contribution in [0.15, 0.2) is 28.0 Å². The van der Waals surface area contributed by atoms with Crippen LogP contribution in [-0.2, 0) is 4.79 Å². The van der Waals surface area contributed by atoms with E-state index >= 15 is 0 Å². The first kappa shape index (κ1) is 24.1. The van der Waals surface area contributed by atoms with Gasteiger partial charge in [-0.15, -0.1) is 0 Å². The second kappa shape index (κ2) is 14.1. The maximum absolute atomic E-state index is 11.5. The fourth-order valence-corrected chi connectivity index (χ4v) is 19.4. The number of rotatable bonds is 15. The van der Waals surface area contributed by atoms with Gasteiger partial charge in [-0.25, -0.2) is 0 Å². The SMILES string of the molecule is CCC[CH2][Sn]([CH2]CCC)([CH2]CCC)/[C](=C/c1ccc(OCC)cc1)NC=O. The zero-order valence-electron chi connectivity index (χ0n) is 17.9. The van der Waals surface area contributed by atoms with Crippen LogP contribution in [0, 0.1) is 0 Å². The van der Waals surface area contributed by atoms with E-state index < -0.39 is 18.4 Å². The van der Waals surface area contributed by atoms with Gasteiger partial charge in [-0.3, -0.25) is 0 Å². The molecule has 0 atom stereocenters. The Kier molecular flexibility index (Phi) is 12.6. The van der Waals surface area contributed by atoms with Crippen molar-refractivity contribution in [3.63, 3.8) is 0 Å². The predicted molar refractivity (Wildman–Crippen MR) is 120 cm³/mol. The van der Waals surface area contributed by atoms with Crippen LogP contribution in [0.25, 0.3) is 6.08 Å². The standard InChI is InChI=1S/C11H12NO2.3C4H9.Sn/c1-2-14-11-5-3-10(4-6-11)7-8-12-9-13;3*1-3-4-2;/h3-7,9H,2H2,1H3,(H,12,13);3*1,3-4H2,2H3;. The van der Waals surface area contributed by atoms with Gasteiger partial charge in [0.25, 0.3) is 0 Å². The number of ether oxygens (including phenoxy) is 1. The Morgan fingerprint density at radius 3 is 1.85 bits per heavy atom. The molecular weight excluding hydrogens is 441 g/mol. The summed E-state index contributed by atoms with van der Waals surface area (Å²) in [7, 11) is 0. The van der Waals surface area contributed by atoms with Crippen LogP contribution in [-0.4, -0.2) is 31.4 Å². The van der Waals surface area contributed by atoms with Gasteiger partial charge in [-0.05, 0) is 0 Å². The number of carbonyl (C=O) groups excluding carboxylic acids is 1. The van der Waals surface area contributed by atoms with Crippen molar-refractivity contribution in [2.24, 2.45) is 0 Å². The molecule has 0 heterocycles. The molecule has 0 fully saturated rings. The molecule has 1 N–H and O–H groups in total. The third kappa shape index (κ3) is 8.28. The fraction of sp³-hybridized carbons (Fsp3) is 0.609. The summed E-state index contributed by atoms with van der Waals surface area (Å²) in [4.78, 5) is 11.5. The Bertz CT molecular complexity index is 532. The minimum absolute atomic E-state index is 0.678. The average molecular weight is 480 g/mol. The van der Waals surface area contributed by atoms with Crippen LogP contribution in [0.1, 0.15) is 71.8 Å². The summed E-state index contributed by atoms with van der Waals surface area (Å²) in [5.41, 5.74) is 1.16. The molecule has 4 heteroatoms. The molecule has 0 aliphatic rings. The second-order valence-electron chi connectivity index (χ2n) is 7.41. The first-order chi connectivity index (χ1) is 13.2. The molecule has 0 radical (unpaired) electrons. The summed E-state index contributed by atoms with van der Waals surface area (Å²) in [6.45, 7) is 9.51. The molecule has 0 aliphatic carbocycles. The molecule has 0 aliphatic heterocycles. The number of nitrogens with one attached hydrogen (secondary N) is 1. The molecule has 1 amide bonds. The van der Waals surface area contributed by atoms with Gasteiger partial charge in [0.15, 0.2) is 0 Å². The van der Waals surface area contributed by atoms with Crippen molar-refractivity contribution in [3.8, 4) is 5.75 Å². The van der Waals surface area contributed by atoms with Crippen molar-refractivity contribution in [2.75, 3.05) is 6.61 Å². The van der Waals surface area contributed by atoms with Crippen molar-refractivity contribution >= 4 is 30.9 Å². The van der Waals surface area contributed by atoms with E-state index in [1.54, 1.807) is 0 Å². The van der Waals surface area contributed by atoms with Crippen LogP contribution >= 0.6 is 0 Å². The van der Waals surface area contributed by atoms with E-state index in [1.165, 1.54) is 55.5 Å². The Balaban J connectivity index is 3.25. The normalized spacial score (nSPS) is 12.1. The summed E-state index contributed by atoms with van der Waals surface area (Å²) in [6.07, 6.45) is 10.7. The zero-order chi connectivity index (χ0) is 20.0.